The molecule has 0 aliphatic heterocycles. The summed E-state index contributed by atoms with van der Waals surface area (Å²) in [6.45, 7) is 0. The van der Waals surface area contributed by atoms with Crippen LogP contribution in [0.1, 0.15) is 0 Å². The molecule has 4 nitrogen and oxygen atoms in total. The first-order valence-corrected chi connectivity index (χ1v) is 0.623. The van der Waals surface area contributed by atoms with Gasteiger partial charge in [0.15, 0.2) is 5.03 Å². The van der Waals surface area contributed by atoms with Crippen LogP contribution in [0.15, 0.2) is 0 Å². The first-order chi connectivity index (χ1) is 1.73. The zero-order valence-electron chi connectivity index (χ0n) is 3.55. The molecule has 6 heteroatoms. The number of hydrazine groups is 1. The maximum atomic E-state index is 8.58. The van der Waals surface area contributed by atoms with E-state index in [9.17, 15) is 0 Å². The second-order valence-electron chi connectivity index (χ2n) is 0.285. The van der Waals surface area contributed by atoms with Crippen molar-refractivity contribution in [3.8, 4) is 0 Å². The minimum atomic E-state index is -1.00. The van der Waals surface area contributed by atoms with Crippen LogP contribution in [0.3, 0.4) is 0 Å². The van der Waals surface area contributed by atoms with E-state index in [4.69, 9.17) is 10.1 Å². The van der Waals surface area contributed by atoms with Crippen molar-refractivity contribution in [2.45, 2.75) is 0 Å². The Hall–Kier alpha value is 1.27. The van der Waals surface area contributed by atoms with Gasteiger partial charge < -0.3 is 0 Å². The molecule has 2 N–H and O–H groups in total. The Balaban J connectivity index is -0.0000000450. The van der Waals surface area contributed by atoms with Crippen LogP contribution in [0.5, 0.6) is 0 Å². The second-order valence-corrected chi connectivity index (χ2v) is 0.285. The van der Waals surface area contributed by atoms with Crippen molar-refractivity contribution in [2.75, 3.05) is 0 Å². The van der Waals surface area contributed by atoms with Gasteiger partial charge in [0, 0.05) is 51.4 Å². The standard InChI is InChI=1S/K.H2N2O2.H3P/c;1-2(3)4;/h;1H2;1H3. The normalized spacial score (nSPS) is 4.00. The zero-order chi connectivity index (χ0) is 3.58. The third kappa shape index (κ3) is 59.8. The molecule has 0 aliphatic rings. The number of nitrogens with zero attached hydrogens (tertiary/aromatic N) is 1. The van der Waals surface area contributed by atoms with Gasteiger partial charge in [0.25, 0.3) is 0 Å². The van der Waals surface area contributed by atoms with E-state index in [2.05, 4.69) is 5.84 Å². The van der Waals surface area contributed by atoms with Crippen molar-refractivity contribution < 1.29 is 5.03 Å². The Morgan fingerprint density at radius 1 is 1.67 bits per heavy atom. The molecule has 6 heavy (non-hydrogen) atoms. The Morgan fingerprint density at radius 2 is 1.67 bits per heavy atom. The molecule has 0 bridgehead atoms. The van der Waals surface area contributed by atoms with Crippen LogP contribution in [0.25, 0.3) is 0 Å². The molecule has 0 aromatic carbocycles. The van der Waals surface area contributed by atoms with Gasteiger partial charge in [-0.25, -0.2) is 10.1 Å². The van der Waals surface area contributed by atoms with Gasteiger partial charge in [-0.3, -0.25) is 0 Å². The van der Waals surface area contributed by atoms with Crippen LogP contribution in [-0.4, -0.2) is 56.4 Å². The molecule has 0 aliphatic carbocycles. The molecule has 0 amide bonds. The molecule has 0 rings (SSSR count). The van der Waals surface area contributed by atoms with Gasteiger partial charge in [-0.1, -0.05) is 0 Å². The van der Waals surface area contributed by atoms with Crippen molar-refractivity contribution in [2.24, 2.45) is 5.84 Å². The van der Waals surface area contributed by atoms with E-state index in [1.165, 1.54) is 0 Å². The first kappa shape index (κ1) is 15.7. The van der Waals surface area contributed by atoms with Crippen LogP contribution < -0.4 is 5.84 Å². The van der Waals surface area contributed by atoms with Crippen molar-refractivity contribution in [1.29, 1.82) is 0 Å². The fourth-order valence-corrected chi connectivity index (χ4v) is 0. The van der Waals surface area contributed by atoms with Gasteiger partial charge in [-0.15, -0.1) is 0 Å². The predicted octanol–water partition coefficient (Wildman–Crippen LogP) is -1.19. The Bertz CT molecular complexity index is 34.5. The van der Waals surface area contributed by atoms with Gasteiger partial charge in [0.2, 0.25) is 0 Å². The molecule has 0 saturated heterocycles. The van der Waals surface area contributed by atoms with E-state index in [-0.39, 0.29) is 61.3 Å². The minimum absolute atomic E-state index is 0. The zero-order valence-corrected chi connectivity index (χ0v) is 8.09. The molecular weight excluding hydrogens is 130 g/mol. The summed E-state index contributed by atoms with van der Waals surface area (Å²) in [5.74, 6) is 3.83. The second kappa shape index (κ2) is 9.55. The van der Waals surface area contributed by atoms with E-state index in [0.29, 0.717) is 0 Å². The maximum Gasteiger partial charge on any atom is 0.154 e. The van der Waals surface area contributed by atoms with Crippen LogP contribution in [0.4, 0.5) is 0 Å². The molecule has 33 valence electrons. The number of rotatable bonds is 0. The molecule has 0 saturated carbocycles. The van der Waals surface area contributed by atoms with Crippen LogP contribution >= 0.6 is 9.90 Å². The van der Waals surface area contributed by atoms with Gasteiger partial charge in [-0.05, 0) is 0 Å². The van der Waals surface area contributed by atoms with Gasteiger partial charge >= 0.3 is 0 Å². The summed E-state index contributed by atoms with van der Waals surface area (Å²) in [6, 6.07) is 0. The molecule has 0 aromatic rings. The summed E-state index contributed by atoms with van der Waals surface area (Å²) in [7, 11) is 0. The van der Waals surface area contributed by atoms with E-state index in [1.807, 2.05) is 0 Å². The number of hydrogen-bond donors (Lipinski definition) is 1. The Kier molecular flexibility index (Phi) is 24.9. The molecule has 0 spiro atoms. The van der Waals surface area contributed by atoms with Crippen LogP contribution in [0, 0.1) is 10.1 Å². The SMILES string of the molecule is N[N+](=O)[O-].P.[K]. The average Bonchev–Trinajstić information content (AvgIpc) is 0.811. The van der Waals surface area contributed by atoms with Crippen molar-refractivity contribution in [1.82, 2.24) is 0 Å². The predicted molar refractivity (Wildman–Crippen MR) is 28.0 cm³/mol. The van der Waals surface area contributed by atoms with Crippen molar-refractivity contribution in [3.05, 3.63) is 10.1 Å². The van der Waals surface area contributed by atoms with Crippen molar-refractivity contribution >= 4 is 61.3 Å². The topological polar surface area (TPSA) is 69.2 Å². The molecule has 0 fully saturated rings. The summed E-state index contributed by atoms with van der Waals surface area (Å²) in [5.41, 5.74) is 0. The summed E-state index contributed by atoms with van der Waals surface area (Å²) < 4.78 is 0. The maximum absolute atomic E-state index is 8.58. The Labute approximate surface area is 81.0 Å². The molecule has 1 radical (unpaired) electrons. The van der Waals surface area contributed by atoms with E-state index < -0.39 is 5.03 Å². The van der Waals surface area contributed by atoms with Crippen molar-refractivity contribution in [3.63, 3.8) is 0 Å². The van der Waals surface area contributed by atoms with Gasteiger partial charge in [0.05, 0.1) is 0 Å². The van der Waals surface area contributed by atoms with E-state index in [0.717, 1.165) is 0 Å². The third-order valence-corrected chi connectivity index (χ3v) is 0. The molecule has 1 unspecified atom stereocenters. The van der Waals surface area contributed by atoms with Crippen LogP contribution in [0.2, 0.25) is 0 Å². The molecular formula is H5KN2O2P. The summed E-state index contributed by atoms with van der Waals surface area (Å²) in [6.07, 6.45) is 0. The van der Waals surface area contributed by atoms with E-state index in [1.54, 1.807) is 0 Å². The summed E-state index contributed by atoms with van der Waals surface area (Å²) in [4.78, 5) is 8.58. The largest absolute Gasteiger partial charge is 0.235 e. The Morgan fingerprint density at radius 3 is 1.67 bits per heavy atom. The first-order valence-electron chi connectivity index (χ1n) is 0.623. The third-order valence-electron chi connectivity index (χ3n) is 0. The number of hydrogen-bond acceptors (Lipinski definition) is 2. The smallest absolute Gasteiger partial charge is 0.154 e. The summed E-state index contributed by atoms with van der Waals surface area (Å²) in [5, 5.41) is 7.58. The van der Waals surface area contributed by atoms with Crippen LogP contribution in [-0.2, 0) is 0 Å². The fraction of sp³-hybridized carbons (Fsp3) is 0. The van der Waals surface area contributed by atoms with E-state index >= 15 is 0 Å². The molecule has 0 heterocycles. The minimum Gasteiger partial charge on any atom is -0.235 e. The fourth-order valence-electron chi connectivity index (χ4n) is 0. The summed E-state index contributed by atoms with van der Waals surface area (Å²) >= 11 is 0. The van der Waals surface area contributed by atoms with Gasteiger partial charge in [0.1, 0.15) is 0 Å². The monoisotopic (exact) mass is 135 g/mol. The number of nitro groups is 1. The average molecular weight is 135 g/mol. The molecule has 0 aromatic heterocycles. The number of nitrogens with two attached hydrogens (primary N) is 1. The van der Waals surface area contributed by atoms with Gasteiger partial charge in [-0.2, -0.15) is 15.7 Å². The molecule has 1 atom stereocenters. The quantitative estimate of drug-likeness (QED) is 0.149.